The molecule has 2 rings (SSSR count). The molecule has 1 aliphatic heterocycles. The summed E-state index contributed by atoms with van der Waals surface area (Å²) < 4.78 is 4.68. The molecule has 5 nitrogen and oxygen atoms in total. The van der Waals surface area contributed by atoms with Gasteiger partial charge in [0.2, 0.25) is 5.91 Å². The largest absolute Gasteiger partial charge is 0.468 e. The molecule has 21 heavy (non-hydrogen) atoms. The maximum Gasteiger partial charge on any atom is 0.319 e. The number of amides is 1. The molecular formula is C14H11ClN2O3S. The van der Waals surface area contributed by atoms with E-state index in [0.29, 0.717) is 10.6 Å². The number of allylic oxidation sites excluding steroid dienone is 1. The van der Waals surface area contributed by atoms with Crippen molar-refractivity contribution < 1.29 is 14.3 Å². The number of hydrogen-bond donors (Lipinski definition) is 2. The van der Waals surface area contributed by atoms with Gasteiger partial charge in [0.25, 0.3) is 0 Å². The van der Waals surface area contributed by atoms with Gasteiger partial charge in [0, 0.05) is 10.9 Å². The van der Waals surface area contributed by atoms with Crippen molar-refractivity contribution in [1.82, 2.24) is 5.32 Å². The monoisotopic (exact) mass is 322 g/mol. The van der Waals surface area contributed by atoms with Crippen molar-refractivity contribution in [3.8, 4) is 6.07 Å². The van der Waals surface area contributed by atoms with Crippen LogP contribution >= 0.6 is 24.2 Å². The summed E-state index contributed by atoms with van der Waals surface area (Å²) in [5.41, 5.74) is 0.675. The summed E-state index contributed by atoms with van der Waals surface area (Å²) in [4.78, 5) is 24.1. The van der Waals surface area contributed by atoms with Gasteiger partial charge in [-0.3, -0.25) is 9.59 Å². The number of rotatable bonds is 2. The Hall–Kier alpha value is -1.97. The molecule has 1 aromatic carbocycles. The fraction of sp³-hybridized carbons (Fsp3) is 0.214. The number of nitriles is 1. The molecule has 0 fully saturated rings. The molecule has 0 radical (unpaired) electrons. The zero-order valence-corrected chi connectivity index (χ0v) is 12.6. The minimum Gasteiger partial charge on any atom is -0.468 e. The third-order valence-electron chi connectivity index (χ3n) is 3.24. The molecule has 0 unspecified atom stereocenters. The summed E-state index contributed by atoms with van der Waals surface area (Å²) in [6.07, 6.45) is 0. The van der Waals surface area contributed by atoms with Crippen LogP contribution in [0.25, 0.3) is 0 Å². The Balaban J connectivity index is 2.66. The number of hydrogen-bond acceptors (Lipinski definition) is 5. The first kappa shape index (κ1) is 15.4. The fourth-order valence-corrected chi connectivity index (χ4v) is 2.83. The molecule has 1 N–H and O–H groups in total. The molecule has 0 aromatic heterocycles. The lowest BCUT2D eigenvalue weighted by atomic mass is 9.78. The number of halogens is 1. The molecule has 1 aromatic rings. The molecule has 0 bridgehead atoms. The molecule has 2 atom stereocenters. The van der Waals surface area contributed by atoms with Gasteiger partial charge in [-0.15, -0.1) is 12.6 Å². The molecule has 0 aliphatic carbocycles. The summed E-state index contributed by atoms with van der Waals surface area (Å²) in [5.74, 6) is -3.31. The van der Waals surface area contributed by atoms with Gasteiger partial charge in [-0.2, -0.15) is 5.26 Å². The van der Waals surface area contributed by atoms with E-state index >= 15 is 0 Å². The van der Waals surface area contributed by atoms with Gasteiger partial charge >= 0.3 is 5.97 Å². The van der Waals surface area contributed by atoms with E-state index in [0.717, 1.165) is 0 Å². The minimum absolute atomic E-state index is 0.118. The molecule has 1 heterocycles. The number of nitrogens with zero attached hydrogens (tertiary/aromatic N) is 1. The van der Waals surface area contributed by atoms with Gasteiger partial charge in [0.15, 0.2) is 0 Å². The Labute approximate surface area is 131 Å². The van der Waals surface area contributed by atoms with Gasteiger partial charge in [0.1, 0.15) is 5.92 Å². The summed E-state index contributed by atoms with van der Waals surface area (Å²) >= 11 is 10.3. The molecule has 0 spiro atoms. The highest BCUT2D eigenvalue weighted by molar-refractivity contribution is 7.84. The van der Waals surface area contributed by atoms with Gasteiger partial charge < -0.3 is 10.1 Å². The van der Waals surface area contributed by atoms with E-state index in [1.807, 2.05) is 6.07 Å². The number of carbonyl (C=O) groups is 2. The first-order chi connectivity index (χ1) is 10.0. The van der Waals surface area contributed by atoms with Crippen molar-refractivity contribution in [2.24, 2.45) is 5.92 Å². The van der Waals surface area contributed by atoms with Crippen LogP contribution in [0.15, 0.2) is 34.9 Å². The SMILES string of the molecule is COC(=O)[C@@H]1C(=O)NC(S)=C(C#N)[C@H]1c1ccccc1Cl. The number of methoxy groups -OCH3 is 1. The zero-order valence-electron chi connectivity index (χ0n) is 11.0. The van der Waals surface area contributed by atoms with Crippen molar-refractivity contribution >= 4 is 36.1 Å². The normalized spacial score (nSPS) is 21.5. The highest BCUT2D eigenvalue weighted by Gasteiger charge is 2.44. The van der Waals surface area contributed by atoms with Crippen LogP contribution in [0.5, 0.6) is 0 Å². The molecule has 0 saturated carbocycles. The molecule has 0 saturated heterocycles. The summed E-state index contributed by atoms with van der Waals surface area (Å²) in [5, 5.41) is 12.2. The number of thiol groups is 1. The minimum atomic E-state index is -1.18. The summed E-state index contributed by atoms with van der Waals surface area (Å²) in [6, 6.07) is 8.72. The fourth-order valence-electron chi connectivity index (χ4n) is 2.28. The maximum absolute atomic E-state index is 12.1. The highest BCUT2D eigenvalue weighted by Crippen LogP contribution is 2.40. The lowest BCUT2D eigenvalue weighted by Gasteiger charge is -2.30. The van der Waals surface area contributed by atoms with E-state index in [1.165, 1.54) is 7.11 Å². The first-order valence-electron chi connectivity index (χ1n) is 5.97. The van der Waals surface area contributed by atoms with E-state index < -0.39 is 23.7 Å². The summed E-state index contributed by atoms with van der Waals surface area (Å²) in [7, 11) is 1.19. The predicted octanol–water partition coefficient (Wildman–Crippen LogP) is 2.01. The lowest BCUT2D eigenvalue weighted by Crippen LogP contribution is -2.43. The van der Waals surface area contributed by atoms with E-state index in [9.17, 15) is 14.9 Å². The zero-order chi connectivity index (χ0) is 15.6. The van der Waals surface area contributed by atoms with Gasteiger partial charge in [-0.05, 0) is 11.6 Å². The van der Waals surface area contributed by atoms with Crippen LogP contribution in [0.4, 0.5) is 0 Å². The number of esters is 1. The number of nitrogens with one attached hydrogen (secondary N) is 1. The van der Waals surface area contributed by atoms with Crippen LogP contribution < -0.4 is 5.32 Å². The molecule has 1 amide bonds. The third kappa shape index (κ3) is 2.75. The number of benzene rings is 1. The van der Waals surface area contributed by atoms with Crippen LogP contribution in [-0.2, 0) is 14.3 Å². The Morgan fingerprint density at radius 3 is 2.71 bits per heavy atom. The summed E-state index contributed by atoms with van der Waals surface area (Å²) in [6.45, 7) is 0. The topological polar surface area (TPSA) is 79.2 Å². The van der Waals surface area contributed by atoms with Gasteiger partial charge in [0.05, 0.1) is 23.8 Å². The van der Waals surface area contributed by atoms with E-state index in [2.05, 4.69) is 22.7 Å². The third-order valence-corrected chi connectivity index (χ3v) is 3.94. The van der Waals surface area contributed by atoms with Gasteiger partial charge in [-0.1, -0.05) is 29.8 Å². The molecule has 108 valence electrons. The number of ether oxygens (including phenoxy) is 1. The van der Waals surface area contributed by atoms with Crippen molar-refractivity contribution in [2.75, 3.05) is 7.11 Å². The second-order valence-corrected chi connectivity index (χ2v) is 5.22. The lowest BCUT2D eigenvalue weighted by molar-refractivity contribution is -0.150. The van der Waals surface area contributed by atoms with Crippen LogP contribution in [0, 0.1) is 17.2 Å². The van der Waals surface area contributed by atoms with E-state index in [1.54, 1.807) is 24.3 Å². The predicted molar refractivity (Wildman–Crippen MR) is 79.5 cm³/mol. The van der Waals surface area contributed by atoms with Crippen LogP contribution in [0.2, 0.25) is 5.02 Å². The van der Waals surface area contributed by atoms with Crippen molar-refractivity contribution in [2.45, 2.75) is 5.92 Å². The second kappa shape index (κ2) is 6.20. The number of carbonyl (C=O) groups excluding carboxylic acids is 2. The quantitative estimate of drug-likeness (QED) is 0.496. The highest BCUT2D eigenvalue weighted by atomic mass is 35.5. The molecule has 7 heteroatoms. The molecular weight excluding hydrogens is 312 g/mol. The Kier molecular flexibility index (Phi) is 4.56. The van der Waals surface area contributed by atoms with E-state index in [-0.39, 0.29) is 10.6 Å². The average Bonchev–Trinajstić information content (AvgIpc) is 2.46. The van der Waals surface area contributed by atoms with Crippen LogP contribution in [0.1, 0.15) is 11.5 Å². The standard InChI is InChI=1S/C14H11ClN2O3S/c1-20-14(19)11-10(7-4-2-3-5-9(7)15)8(6-16)13(21)17-12(11)18/h2-5,10-11,21H,1H3,(H,17,18)/t10-,11+/m1/s1. The van der Waals surface area contributed by atoms with E-state index in [4.69, 9.17) is 11.6 Å². The van der Waals surface area contributed by atoms with Gasteiger partial charge in [-0.25, -0.2) is 0 Å². The Bertz CT molecular complexity index is 681. The average molecular weight is 323 g/mol. The van der Waals surface area contributed by atoms with Crippen molar-refractivity contribution in [3.05, 3.63) is 45.5 Å². The molecule has 1 aliphatic rings. The maximum atomic E-state index is 12.1. The van der Waals surface area contributed by atoms with Crippen LogP contribution in [-0.4, -0.2) is 19.0 Å². The first-order valence-corrected chi connectivity index (χ1v) is 6.80. The second-order valence-electron chi connectivity index (χ2n) is 4.36. The van der Waals surface area contributed by atoms with Crippen molar-refractivity contribution in [3.63, 3.8) is 0 Å². The Morgan fingerprint density at radius 1 is 1.48 bits per heavy atom. The Morgan fingerprint density at radius 2 is 2.14 bits per heavy atom. The van der Waals surface area contributed by atoms with Crippen LogP contribution in [0.3, 0.4) is 0 Å². The van der Waals surface area contributed by atoms with Crippen molar-refractivity contribution in [1.29, 1.82) is 5.26 Å². The smallest absolute Gasteiger partial charge is 0.319 e.